The number of hydrogen-bond donors (Lipinski definition) is 0. The molecule has 4 nitrogen and oxygen atoms in total. The Hall–Kier alpha value is -1.94. The molecule has 20 heavy (non-hydrogen) atoms. The van der Waals surface area contributed by atoms with Crippen LogP contribution in [0.2, 0.25) is 5.02 Å². The molecule has 1 aromatic carbocycles. The van der Waals surface area contributed by atoms with Crippen LogP contribution in [0.15, 0.2) is 43.5 Å². The molecule has 0 fully saturated rings. The van der Waals surface area contributed by atoms with E-state index >= 15 is 0 Å². The van der Waals surface area contributed by atoms with Crippen molar-refractivity contribution in [2.45, 2.75) is 20.3 Å². The van der Waals surface area contributed by atoms with E-state index in [2.05, 4.69) is 16.7 Å². The third-order valence-corrected chi connectivity index (χ3v) is 3.38. The summed E-state index contributed by atoms with van der Waals surface area (Å²) in [6, 6.07) is 7.50. The van der Waals surface area contributed by atoms with Crippen LogP contribution in [-0.4, -0.2) is 20.5 Å². The van der Waals surface area contributed by atoms with E-state index < -0.39 is 5.41 Å². The molecule has 104 valence electrons. The summed E-state index contributed by atoms with van der Waals surface area (Å²) >= 11 is 5.86. The summed E-state index contributed by atoms with van der Waals surface area (Å²) in [5.74, 6) is -0.0575. The van der Waals surface area contributed by atoms with Crippen LogP contribution < -0.4 is 0 Å². The molecule has 0 spiro atoms. The van der Waals surface area contributed by atoms with E-state index in [-0.39, 0.29) is 5.78 Å². The van der Waals surface area contributed by atoms with Crippen molar-refractivity contribution in [1.29, 1.82) is 0 Å². The monoisotopic (exact) mass is 289 g/mol. The molecule has 5 heteroatoms. The van der Waals surface area contributed by atoms with Crippen molar-refractivity contribution in [3.05, 3.63) is 54.1 Å². The molecule has 0 N–H and O–H groups in total. The Labute approximate surface area is 123 Å². The summed E-state index contributed by atoms with van der Waals surface area (Å²) in [5, 5.41) is 4.62. The van der Waals surface area contributed by atoms with E-state index in [9.17, 15) is 4.79 Å². The zero-order chi connectivity index (χ0) is 14.8. The van der Waals surface area contributed by atoms with Crippen molar-refractivity contribution in [3.8, 4) is 0 Å². The highest BCUT2D eigenvalue weighted by atomic mass is 35.5. The summed E-state index contributed by atoms with van der Waals surface area (Å²) < 4.78 is 1.39. The fourth-order valence-corrected chi connectivity index (χ4v) is 2.16. The lowest BCUT2D eigenvalue weighted by molar-refractivity contribution is -0.121. The Kier molecular flexibility index (Phi) is 4.04. The molecule has 0 amide bonds. The first-order valence-electron chi connectivity index (χ1n) is 6.23. The highest BCUT2D eigenvalue weighted by Crippen LogP contribution is 2.27. The number of carbonyl (C=O) groups excluding carboxylic acids is 1. The second-order valence-electron chi connectivity index (χ2n) is 5.30. The van der Waals surface area contributed by atoms with E-state index in [0.29, 0.717) is 17.1 Å². The fourth-order valence-electron chi connectivity index (χ4n) is 2.04. The molecule has 0 unspecified atom stereocenters. The predicted octanol–water partition coefficient (Wildman–Crippen LogP) is 3.24. The molecular weight excluding hydrogens is 274 g/mol. The minimum Gasteiger partial charge on any atom is -0.292 e. The lowest BCUT2D eigenvalue weighted by Crippen LogP contribution is -2.29. The van der Waals surface area contributed by atoms with Crippen LogP contribution in [0.3, 0.4) is 0 Å². The van der Waals surface area contributed by atoms with Crippen LogP contribution in [0.1, 0.15) is 19.4 Å². The number of allylic oxidation sites excluding steroid dienone is 1. The van der Waals surface area contributed by atoms with Gasteiger partial charge in [0.2, 0.25) is 0 Å². The van der Waals surface area contributed by atoms with E-state index in [4.69, 9.17) is 11.6 Å². The number of ketones is 1. The van der Waals surface area contributed by atoms with Crippen molar-refractivity contribution >= 4 is 23.1 Å². The average molecular weight is 290 g/mol. The summed E-state index contributed by atoms with van der Waals surface area (Å²) in [6.07, 6.45) is 3.46. The molecule has 0 atom stereocenters. The lowest BCUT2D eigenvalue weighted by Gasteiger charge is -2.24. The Bertz CT molecular complexity index is 615. The molecular formula is C15H16ClN3O. The standard InChI is InChI=1S/C15H16ClN3O/c1-11(19-10-17-9-18-19)14(20)15(2,3)8-12-4-6-13(16)7-5-12/h4-7,9-10H,1,8H2,2-3H3. The highest BCUT2D eigenvalue weighted by Gasteiger charge is 2.30. The highest BCUT2D eigenvalue weighted by molar-refractivity contribution is 6.30. The van der Waals surface area contributed by atoms with Gasteiger partial charge in [-0.15, -0.1) is 0 Å². The maximum atomic E-state index is 12.5. The van der Waals surface area contributed by atoms with Gasteiger partial charge in [0.15, 0.2) is 5.78 Å². The first-order valence-corrected chi connectivity index (χ1v) is 6.61. The van der Waals surface area contributed by atoms with Crippen molar-refractivity contribution < 1.29 is 4.79 Å². The van der Waals surface area contributed by atoms with Gasteiger partial charge in [-0.1, -0.05) is 44.2 Å². The molecule has 1 aromatic heterocycles. The lowest BCUT2D eigenvalue weighted by atomic mass is 9.80. The molecule has 0 aliphatic heterocycles. The second-order valence-corrected chi connectivity index (χ2v) is 5.74. The van der Waals surface area contributed by atoms with Gasteiger partial charge in [0.1, 0.15) is 18.4 Å². The average Bonchev–Trinajstić information content (AvgIpc) is 2.93. The summed E-state index contributed by atoms with van der Waals surface area (Å²) in [6.45, 7) is 7.60. The Morgan fingerprint density at radius 1 is 1.35 bits per heavy atom. The molecule has 0 bridgehead atoms. The zero-order valence-corrected chi connectivity index (χ0v) is 12.3. The van der Waals surface area contributed by atoms with Gasteiger partial charge < -0.3 is 0 Å². The molecule has 2 aromatic rings. The van der Waals surface area contributed by atoms with Gasteiger partial charge in [-0.05, 0) is 24.1 Å². The SMILES string of the molecule is C=C(C(=O)C(C)(C)Cc1ccc(Cl)cc1)n1cncn1. The van der Waals surface area contributed by atoms with Crippen LogP contribution in [0.5, 0.6) is 0 Å². The Morgan fingerprint density at radius 2 is 2.00 bits per heavy atom. The van der Waals surface area contributed by atoms with Crippen LogP contribution in [-0.2, 0) is 11.2 Å². The number of halogens is 1. The molecule has 1 heterocycles. The van der Waals surface area contributed by atoms with E-state index in [0.717, 1.165) is 5.56 Å². The topological polar surface area (TPSA) is 47.8 Å². The summed E-state index contributed by atoms with van der Waals surface area (Å²) in [4.78, 5) is 16.3. The van der Waals surface area contributed by atoms with Crippen molar-refractivity contribution in [1.82, 2.24) is 14.8 Å². The van der Waals surface area contributed by atoms with Crippen LogP contribution >= 0.6 is 11.6 Å². The van der Waals surface area contributed by atoms with Gasteiger partial charge in [-0.3, -0.25) is 4.79 Å². The number of benzene rings is 1. The van der Waals surface area contributed by atoms with Crippen molar-refractivity contribution in [3.63, 3.8) is 0 Å². The second kappa shape index (κ2) is 5.59. The maximum absolute atomic E-state index is 12.5. The van der Waals surface area contributed by atoms with E-state index in [1.807, 2.05) is 38.1 Å². The molecule has 0 aliphatic rings. The van der Waals surface area contributed by atoms with E-state index in [1.165, 1.54) is 17.3 Å². The number of hydrogen-bond acceptors (Lipinski definition) is 3. The molecule has 2 rings (SSSR count). The number of carbonyl (C=O) groups is 1. The fraction of sp³-hybridized carbons (Fsp3) is 0.267. The zero-order valence-electron chi connectivity index (χ0n) is 11.5. The Morgan fingerprint density at radius 3 is 2.55 bits per heavy atom. The molecule has 0 saturated heterocycles. The number of rotatable bonds is 5. The molecule has 0 saturated carbocycles. The maximum Gasteiger partial charge on any atom is 0.186 e. The van der Waals surface area contributed by atoms with Gasteiger partial charge in [0.25, 0.3) is 0 Å². The Balaban J connectivity index is 2.15. The molecule has 0 aliphatic carbocycles. The molecule has 0 radical (unpaired) electrons. The van der Waals surface area contributed by atoms with E-state index in [1.54, 1.807) is 0 Å². The minimum atomic E-state index is -0.573. The number of nitrogens with zero attached hydrogens (tertiary/aromatic N) is 3. The largest absolute Gasteiger partial charge is 0.292 e. The summed E-state index contributed by atoms with van der Waals surface area (Å²) in [7, 11) is 0. The van der Waals surface area contributed by atoms with Gasteiger partial charge in [0, 0.05) is 10.4 Å². The number of aromatic nitrogens is 3. The van der Waals surface area contributed by atoms with Gasteiger partial charge in [0.05, 0.1) is 0 Å². The quantitative estimate of drug-likeness (QED) is 0.794. The first-order chi connectivity index (χ1) is 9.40. The minimum absolute atomic E-state index is 0.0575. The smallest absolute Gasteiger partial charge is 0.186 e. The predicted molar refractivity (Wildman–Crippen MR) is 79.3 cm³/mol. The number of Topliss-reactive ketones (excluding diaryl/α,β-unsaturated/α-hetero) is 1. The van der Waals surface area contributed by atoms with Crippen LogP contribution in [0.25, 0.3) is 5.70 Å². The van der Waals surface area contributed by atoms with Gasteiger partial charge in [-0.25, -0.2) is 9.67 Å². The van der Waals surface area contributed by atoms with Gasteiger partial charge >= 0.3 is 0 Å². The van der Waals surface area contributed by atoms with Gasteiger partial charge in [-0.2, -0.15) is 5.10 Å². The van der Waals surface area contributed by atoms with Crippen LogP contribution in [0.4, 0.5) is 0 Å². The normalized spacial score (nSPS) is 11.3. The first kappa shape index (κ1) is 14.5. The van der Waals surface area contributed by atoms with Crippen molar-refractivity contribution in [2.24, 2.45) is 5.41 Å². The van der Waals surface area contributed by atoms with Crippen LogP contribution in [0, 0.1) is 5.41 Å². The third kappa shape index (κ3) is 3.14. The summed E-state index contributed by atoms with van der Waals surface area (Å²) in [5.41, 5.74) is 0.803. The van der Waals surface area contributed by atoms with Crippen molar-refractivity contribution in [2.75, 3.05) is 0 Å². The third-order valence-electron chi connectivity index (χ3n) is 3.13.